The van der Waals surface area contributed by atoms with Gasteiger partial charge in [-0.2, -0.15) is 0 Å². The van der Waals surface area contributed by atoms with Gasteiger partial charge in [0, 0.05) is 43.0 Å². The minimum Gasteiger partial charge on any atom is -0.504 e. The van der Waals surface area contributed by atoms with Gasteiger partial charge in [0.1, 0.15) is 0 Å². The van der Waals surface area contributed by atoms with E-state index in [1.807, 2.05) is 12.1 Å². The summed E-state index contributed by atoms with van der Waals surface area (Å²) < 4.78 is 4.49. The van der Waals surface area contributed by atoms with Crippen molar-refractivity contribution in [2.75, 3.05) is 38.1 Å². The second-order valence-corrected chi connectivity index (χ2v) is 7.34. The highest BCUT2D eigenvalue weighted by Gasteiger charge is 2.25. The first-order valence-electron chi connectivity index (χ1n) is 9.39. The van der Waals surface area contributed by atoms with Crippen LogP contribution >= 0.6 is 12.4 Å². The number of halogens is 1. The number of rotatable bonds is 2. The molecule has 156 valence electrons. The molecule has 0 radical (unpaired) electrons. The number of piperazine rings is 1. The van der Waals surface area contributed by atoms with E-state index in [1.165, 1.54) is 0 Å². The summed E-state index contributed by atoms with van der Waals surface area (Å²) in [4.78, 5) is 30.5. The molecule has 1 fully saturated rings. The predicted octanol–water partition coefficient (Wildman–Crippen LogP) is 2.47. The number of aryl methyl sites for hydroxylation is 1. The van der Waals surface area contributed by atoms with E-state index in [-0.39, 0.29) is 12.4 Å². The topological polar surface area (TPSA) is 106 Å². The van der Waals surface area contributed by atoms with E-state index in [0.29, 0.717) is 17.7 Å². The van der Waals surface area contributed by atoms with Gasteiger partial charge in [-0.1, -0.05) is 6.07 Å². The van der Waals surface area contributed by atoms with Gasteiger partial charge in [0.15, 0.2) is 5.75 Å². The van der Waals surface area contributed by atoms with E-state index < -0.39 is 23.2 Å². The number of anilines is 1. The lowest BCUT2D eigenvalue weighted by molar-refractivity contribution is 0.142. The second kappa shape index (κ2) is 8.34. The molecule has 1 saturated heterocycles. The molecular formula is C20H24ClN3O5. The summed E-state index contributed by atoms with van der Waals surface area (Å²) >= 11 is 0. The monoisotopic (exact) mass is 421 g/mol. The molecule has 8 nitrogen and oxygen atoms in total. The number of carboxylic acid groups (broad SMARTS) is 1. The smallest absolute Gasteiger partial charge is 0.504 e. The molecule has 2 aliphatic rings. The summed E-state index contributed by atoms with van der Waals surface area (Å²) in [6.45, 7) is 3.99. The maximum absolute atomic E-state index is 12.3. The van der Waals surface area contributed by atoms with Gasteiger partial charge in [-0.15, -0.1) is 12.4 Å². The molecule has 9 heteroatoms. The van der Waals surface area contributed by atoms with Crippen molar-refractivity contribution in [3.63, 3.8) is 0 Å². The van der Waals surface area contributed by atoms with Crippen molar-refractivity contribution in [3.05, 3.63) is 39.7 Å². The molecule has 3 N–H and O–H groups in total. The summed E-state index contributed by atoms with van der Waals surface area (Å²) in [7, 11) is 2.12. The van der Waals surface area contributed by atoms with Crippen molar-refractivity contribution in [3.8, 4) is 22.8 Å². The van der Waals surface area contributed by atoms with Gasteiger partial charge in [0.25, 0.3) is 5.56 Å². The number of hydrogen-bond acceptors (Lipinski definition) is 6. The minimum atomic E-state index is -1.63. The minimum absolute atomic E-state index is 0. The maximum Gasteiger partial charge on any atom is 0.511 e. The molecule has 29 heavy (non-hydrogen) atoms. The van der Waals surface area contributed by atoms with Crippen LogP contribution in [0.2, 0.25) is 0 Å². The molecule has 1 aliphatic carbocycles. The third-order valence-corrected chi connectivity index (χ3v) is 5.54. The second-order valence-electron chi connectivity index (χ2n) is 7.34. The number of aromatic amines is 1. The number of pyridine rings is 1. The Balaban J connectivity index is 0.00000240. The zero-order valence-corrected chi connectivity index (χ0v) is 16.9. The van der Waals surface area contributed by atoms with Crippen molar-refractivity contribution in [2.24, 2.45) is 0 Å². The van der Waals surface area contributed by atoms with Crippen LogP contribution in [0.15, 0.2) is 23.0 Å². The van der Waals surface area contributed by atoms with Crippen molar-refractivity contribution < 1.29 is 19.7 Å². The SMILES string of the molecule is CN1CCN(c2ccc3c(c2)CCCc2c-3[nH]c(=O)c(OC(=O)O)c2O)CC1.Cl. The van der Waals surface area contributed by atoms with E-state index in [2.05, 4.69) is 32.6 Å². The predicted molar refractivity (Wildman–Crippen MR) is 112 cm³/mol. The van der Waals surface area contributed by atoms with E-state index in [9.17, 15) is 14.7 Å². The van der Waals surface area contributed by atoms with Crippen molar-refractivity contribution >= 4 is 24.2 Å². The lowest BCUT2D eigenvalue weighted by Gasteiger charge is -2.34. The Morgan fingerprint density at radius 2 is 1.90 bits per heavy atom. The summed E-state index contributed by atoms with van der Waals surface area (Å²) in [6.07, 6.45) is 0.471. The largest absolute Gasteiger partial charge is 0.511 e. The Bertz CT molecular complexity index is 983. The van der Waals surface area contributed by atoms with Gasteiger partial charge in [0.05, 0.1) is 5.69 Å². The molecule has 1 aromatic carbocycles. The molecule has 0 atom stereocenters. The first kappa shape index (κ1) is 21.0. The number of aromatic nitrogens is 1. The third-order valence-electron chi connectivity index (χ3n) is 5.54. The van der Waals surface area contributed by atoms with Gasteiger partial charge in [0.2, 0.25) is 5.75 Å². The van der Waals surface area contributed by atoms with Crippen LogP contribution in [-0.2, 0) is 12.8 Å². The average Bonchev–Trinajstić information content (AvgIpc) is 2.84. The third kappa shape index (κ3) is 4.04. The van der Waals surface area contributed by atoms with Crippen LogP contribution in [0.3, 0.4) is 0 Å². The van der Waals surface area contributed by atoms with Crippen LogP contribution in [0.4, 0.5) is 10.5 Å². The van der Waals surface area contributed by atoms with Gasteiger partial charge in [-0.25, -0.2) is 4.79 Å². The first-order valence-corrected chi connectivity index (χ1v) is 9.39. The molecule has 0 saturated carbocycles. The molecule has 4 rings (SSSR count). The van der Waals surface area contributed by atoms with Gasteiger partial charge in [-0.05, 0) is 44.0 Å². The zero-order valence-electron chi connectivity index (χ0n) is 16.1. The highest BCUT2D eigenvalue weighted by Crippen LogP contribution is 2.39. The number of hydrogen-bond donors (Lipinski definition) is 3. The molecule has 0 spiro atoms. The fraction of sp³-hybridized carbons (Fsp3) is 0.400. The fourth-order valence-corrected chi connectivity index (χ4v) is 4.01. The number of benzene rings is 1. The summed E-state index contributed by atoms with van der Waals surface area (Å²) in [5, 5.41) is 19.3. The molecule has 0 bridgehead atoms. The van der Waals surface area contributed by atoms with Gasteiger partial charge in [-0.3, -0.25) is 4.79 Å². The molecule has 2 aromatic rings. The molecular weight excluding hydrogens is 398 g/mol. The van der Waals surface area contributed by atoms with Gasteiger partial charge < -0.3 is 29.7 Å². The lowest BCUT2D eigenvalue weighted by atomic mass is 9.99. The highest BCUT2D eigenvalue weighted by molar-refractivity contribution is 5.85. The van der Waals surface area contributed by atoms with Gasteiger partial charge >= 0.3 is 6.16 Å². The van der Waals surface area contributed by atoms with Crippen LogP contribution in [-0.4, -0.2) is 59.5 Å². The maximum atomic E-state index is 12.3. The summed E-state index contributed by atoms with van der Waals surface area (Å²) in [5.41, 5.74) is 3.43. The number of fused-ring (bicyclic) bond motifs is 3. The number of nitrogens with zero attached hydrogens (tertiary/aromatic N) is 2. The van der Waals surface area contributed by atoms with Crippen LogP contribution in [0.25, 0.3) is 11.3 Å². The Kier molecular flexibility index (Phi) is 6.04. The van der Waals surface area contributed by atoms with E-state index in [1.54, 1.807) is 0 Å². The number of nitrogens with one attached hydrogen (secondary N) is 1. The number of H-pyrrole nitrogens is 1. The van der Waals surface area contributed by atoms with Crippen molar-refractivity contribution in [1.29, 1.82) is 0 Å². The van der Waals surface area contributed by atoms with Crippen LogP contribution < -0.4 is 15.2 Å². The Hall–Kier alpha value is -2.71. The first-order chi connectivity index (χ1) is 13.4. The Morgan fingerprint density at radius 3 is 2.59 bits per heavy atom. The van der Waals surface area contributed by atoms with Crippen molar-refractivity contribution in [2.45, 2.75) is 19.3 Å². The van der Waals surface area contributed by atoms with E-state index in [4.69, 9.17) is 5.11 Å². The Labute approximate surface area is 174 Å². The summed E-state index contributed by atoms with van der Waals surface area (Å²) in [5.74, 6) is -0.957. The van der Waals surface area contributed by atoms with E-state index >= 15 is 0 Å². The molecule has 0 amide bonds. The van der Waals surface area contributed by atoms with Crippen molar-refractivity contribution in [1.82, 2.24) is 9.88 Å². The number of carbonyl (C=O) groups is 1. The number of ether oxygens (including phenoxy) is 1. The molecule has 2 heterocycles. The number of likely N-dealkylation sites (N-methyl/N-ethyl adjacent to an activating group) is 1. The summed E-state index contributed by atoms with van der Waals surface area (Å²) in [6, 6.07) is 6.17. The molecule has 0 unspecified atom stereocenters. The quantitative estimate of drug-likeness (QED) is 0.639. The number of aromatic hydroxyl groups is 1. The standard InChI is InChI=1S/C20H23N3O5.ClH/c1-22-7-9-23(10-8-22)13-5-6-14-12(11-13)3-2-4-15-16(14)21-19(25)18(17(15)24)28-20(26)27;/h5-6,11H,2-4,7-10H2,1H3,(H,26,27)(H2,21,24,25);1H. The Morgan fingerprint density at radius 1 is 1.17 bits per heavy atom. The fourth-order valence-electron chi connectivity index (χ4n) is 4.01. The zero-order chi connectivity index (χ0) is 19.8. The average molecular weight is 422 g/mol. The van der Waals surface area contributed by atoms with Crippen LogP contribution in [0, 0.1) is 0 Å². The molecule has 1 aromatic heterocycles. The van der Waals surface area contributed by atoms with Crippen LogP contribution in [0.1, 0.15) is 17.5 Å². The highest BCUT2D eigenvalue weighted by atomic mass is 35.5. The van der Waals surface area contributed by atoms with E-state index in [0.717, 1.165) is 55.8 Å². The molecule has 1 aliphatic heterocycles. The lowest BCUT2D eigenvalue weighted by Crippen LogP contribution is -2.44. The van der Waals surface area contributed by atoms with Crippen LogP contribution in [0.5, 0.6) is 11.5 Å². The normalized spacial score (nSPS) is 16.2.